The van der Waals surface area contributed by atoms with Crippen LogP contribution in [0.5, 0.6) is 0 Å². The Balaban J connectivity index is 1.88. The van der Waals surface area contributed by atoms with Crippen LogP contribution in [0.2, 0.25) is 0 Å². The summed E-state index contributed by atoms with van der Waals surface area (Å²) >= 11 is 0. The number of fused-ring (bicyclic) bond motifs is 4. The van der Waals surface area contributed by atoms with E-state index in [9.17, 15) is 9.59 Å². The van der Waals surface area contributed by atoms with Crippen LogP contribution in [0.1, 0.15) is 47.1 Å². The fraction of sp³-hybridized carbons (Fsp3) is 0.419. The highest BCUT2D eigenvalue weighted by Crippen LogP contribution is 2.36. The largest absolute Gasteiger partial charge is 0.443 e. The summed E-state index contributed by atoms with van der Waals surface area (Å²) in [6.45, 7) is 13.9. The number of carbonyl (C=O) groups is 2. The number of hydrogen-bond acceptors (Lipinski definition) is 7. The number of benzene rings is 2. The average Bonchev–Trinajstić information content (AvgIpc) is 3.13. The van der Waals surface area contributed by atoms with Crippen molar-refractivity contribution in [1.29, 1.82) is 0 Å². The first-order chi connectivity index (χ1) is 19.1. The quantitative estimate of drug-likeness (QED) is 0.229. The summed E-state index contributed by atoms with van der Waals surface area (Å²) in [6.07, 6.45) is -1.94. The third-order valence-electron chi connectivity index (χ3n) is 6.32. The molecule has 0 saturated carbocycles. The Kier molecular flexibility index (Phi) is 8.00. The number of imide groups is 1. The van der Waals surface area contributed by atoms with Crippen molar-refractivity contribution in [2.45, 2.75) is 66.2 Å². The minimum atomic E-state index is -0.971. The number of para-hydroxylation sites is 1. The first kappa shape index (κ1) is 29.8. The van der Waals surface area contributed by atoms with Gasteiger partial charge in [-0.3, -0.25) is 0 Å². The van der Waals surface area contributed by atoms with E-state index in [2.05, 4.69) is 27.4 Å². The fourth-order valence-corrected chi connectivity index (χ4v) is 4.61. The topological polar surface area (TPSA) is 115 Å². The molecular formula is C31H40N6O4. The molecule has 2 N–H and O–H groups in total. The third kappa shape index (κ3) is 6.59. The Bertz CT molecular complexity index is 1630. The van der Waals surface area contributed by atoms with E-state index >= 15 is 0 Å². The monoisotopic (exact) mass is 560 g/mol. The van der Waals surface area contributed by atoms with Gasteiger partial charge in [-0.05, 0) is 92.4 Å². The Hall–Kier alpha value is -4.18. The van der Waals surface area contributed by atoms with E-state index < -0.39 is 23.4 Å². The number of rotatable bonds is 4. The summed E-state index contributed by atoms with van der Waals surface area (Å²) in [5, 5.41) is 3.04. The minimum Gasteiger partial charge on any atom is -0.443 e. The molecule has 0 aliphatic heterocycles. The highest BCUT2D eigenvalue weighted by molar-refractivity contribution is 6.14. The molecule has 0 fully saturated rings. The van der Waals surface area contributed by atoms with E-state index in [0.717, 1.165) is 51.5 Å². The number of aryl methyl sites for hydroxylation is 1. The summed E-state index contributed by atoms with van der Waals surface area (Å²) in [4.78, 5) is 38.3. The summed E-state index contributed by atoms with van der Waals surface area (Å²) in [7, 11) is 4.08. The van der Waals surface area contributed by atoms with Gasteiger partial charge < -0.3 is 24.7 Å². The number of amides is 2. The number of ether oxygens (including phenoxy) is 2. The van der Waals surface area contributed by atoms with Crippen molar-refractivity contribution in [3.05, 3.63) is 48.0 Å². The minimum absolute atomic E-state index is 0.357. The van der Waals surface area contributed by atoms with Crippen LogP contribution in [0.15, 0.2) is 47.5 Å². The van der Waals surface area contributed by atoms with Gasteiger partial charge in [0.25, 0.3) is 0 Å². The Morgan fingerprint density at radius 3 is 2.15 bits per heavy atom. The average molecular weight is 561 g/mol. The van der Waals surface area contributed by atoms with Gasteiger partial charge in [0.2, 0.25) is 5.96 Å². The maximum atomic E-state index is 13.0. The van der Waals surface area contributed by atoms with E-state index in [1.807, 2.05) is 44.4 Å². The number of carbonyl (C=O) groups excluding carboxylic acids is 2. The molecule has 218 valence electrons. The van der Waals surface area contributed by atoms with Gasteiger partial charge in [0.15, 0.2) is 0 Å². The molecular weight excluding hydrogens is 520 g/mol. The first-order valence-electron chi connectivity index (χ1n) is 13.6. The number of pyridine rings is 1. The highest BCUT2D eigenvalue weighted by atomic mass is 16.6. The Labute approximate surface area is 240 Å². The molecule has 0 aliphatic rings. The van der Waals surface area contributed by atoms with Crippen LogP contribution in [-0.4, -0.2) is 69.3 Å². The lowest BCUT2D eigenvalue weighted by Crippen LogP contribution is -2.49. The molecule has 0 atom stereocenters. The lowest BCUT2D eigenvalue weighted by atomic mass is 10.0. The molecule has 0 unspecified atom stereocenters. The molecule has 4 aromatic rings. The summed E-state index contributed by atoms with van der Waals surface area (Å²) < 4.78 is 13.1. The van der Waals surface area contributed by atoms with Crippen molar-refractivity contribution in [2.24, 2.45) is 10.7 Å². The molecule has 4 rings (SSSR count). The van der Waals surface area contributed by atoms with E-state index in [0.29, 0.717) is 10.6 Å². The van der Waals surface area contributed by atoms with E-state index in [1.54, 1.807) is 47.6 Å². The van der Waals surface area contributed by atoms with Crippen molar-refractivity contribution in [2.75, 3.05) is 20.6 Å². The number of likely N-dealkylation sites (N-methyl/N-ethyl adjacent to an activating group) is 1. The second kappa shape index (κ2) is 11.0. The molecule has 10 nitrogen and oxygen atoms in total. The van der Waals surface area contributed by atoms with Crippen LogP contribution in [0.3, 0.4) is 0 Å². The molecule has 41 heavy (non-hydrogen) atoms. The smallest absolute Gasteiger partial charge is 0.427 e. The van der Waals surface area contributed by atoms with Gasteiger partial charge in [-0.2, -0.15) is 0 Å². The summed E-state index contributed by atoms with van der Waals surface area (Å²) in [6, 6.07) is 13.8. The number of guanidine groups is 1. The van der Waals surface area contributed by atoms with E-state index in [-0.39, 0.29) is 5.96 Å². The molecule has 0 spiro atoms. The lowest BCUT2D eigenvalue weighted by Gasteiger charge is -2.27. The van der Waals surface area contributed by atoms with E-state index in [4.69, 9.17) is 20.2 Å². The number of nitrogens with zero attached hydrogens (tertiary/aromatic N) is 5. The Morgan fingerprint density at radius 1 is 0.951 bits per heavy atom. The van der Waals surface area contributed by atoms with Gasteiger partial charge in [-0.15, -0.1) is 4.90 Å². The predicted octanol–water partition coefficient (Wildman–Crippen LogP) is 6.33. The van der Waals surface area contributed by atoms with Gasteiger partial charge in [0.1, 0.15) is 16.8 Å². The zero-order chi connectivity index (χ0) is 30.3. The second-order valence-corrected chi connectivity index (χ2v) is 12.4. The van der Waals surface area contributed by atoms with Crippen LogP contribution in [0, 0.1) is 6.92 Å². The molecule has 0 aliphatic carbocycles. The van der Waals surface area contributed by atoms with Crippen molar-refractivity contribution in [3.63, 3.8) is 0 Å². The van der Waals surface area contributed by atoms with Crippen LogP contribution in [0.4, 0.5) is 15.3 Å². The second-order valence-electron chi connectivity index (χ2n) is 12.4. The standard InChI is InChI=1S/C31H40N6O4/c1-19-21-12-10-11-13-23(21)34-26-25(19)22-18-20(14-15-24(22)36(26)17-16-35(8)9)33-27(32)37(28(38)40-30(2,3)4)29(39)41-31(5,6)7/h10-15,18H,16-17H2,1-9H3,(H2,32,33). The summed E-state index contributed by atoms with van der Waals surface area (Å²) in [5.74, 6) is -0.357. The third-order valence-corrected chi connectivity index (χ3v) is 6.32. The van der Waals surface area contributed by atoms with Crippen molar-refractivity contribution >= 4 is 56.7 Å². The van der Waals surface area contributed by atoms with Crippen LogP contribution >= 0.6 is 0 Å². The number of nitrogens with two attached hydrogens (primary N) is 1. The summed E-state index contributed by atoms with van der Waals surface area (Å²) in [5.41, 5.74) is 8.95. The Morgan fingerprint density at radius 2 is 1.56 bits per heavy atom. The zero-order valence-electron chi connectivity index (χ0n) is 25.4. The number of aliphatic imine (C=N–C) groups is 1. The first-order valence-corrected chi connectivity index (χ1v) is 13.6. The highest BCUT2D eigenvalue weighted by Gasteiger charge is 2.34. The molecule has 2 aromatic heterocycles. The molecule has 0 bridgehead atoms. The maximum absolute atomic E-state index is 13.0. The predicted molar refractivity (Wildman–Crippen MR) is 164 cm³/mol. The zero-order valence-corrected chi connectivity index (χ0v) is 25.4. The number of aromatic nitrogens is 2. The lowest BCUT2D eigenvalue weighted by molar-refractivity contribution is 0.0145. The molecule has 2 aromatic carbocycles. The van der Waals surface area contributed by atoms with Crippen molar-refractivity contribution in [3.8, 4) is 0 Å². The molecule has 2 amide bonds. The van der Waals surface area contributed by atoms with Crippen LogP contribution in [0.25, 0.3) is 32.8 Å². The SMILES string of the molecule is Cc1c2ccccc2nc2c1c1cc(N=C(N)N(C(=O)OC(C)(C)C)C(=O)OC(C)(C)C)ccc1n2CCN(C)C. The molecule has 2 heterocycles. The molecule has 0 saturated heterocycles. The van der Waals surface area contributed by atoms with Gasteiger partial charge in [-0.1, -0.05) is 18.2 Å². The van der Waals surface area contributed by atoms with Gasteiger partial charge in [0.05, 0.1) is 16.7 Å². The molecule has 0 radical (unpaired) electrons. The van der Waals surface area contributed by atoms with Crippen LogP contribution in [-0.2, 0) is 16.0 Å². The van der Waals surface area contributed by atoms with Crippen molar-refractivity contribution < 1.29 is 19.1 Å². The number of hydrogen-bond donors (Lipinski definition) is 1. The van der Waals surface area contributed by atoms with Gasteiger partial charge in [0, 0.05) is 29.2 Å². The van der Waals surface area contributed by atoms with Crippen molar-refractivity contribution in [1.82, 2.24) is 19.4 Å². The maximum Gasteiger partial charge on any atom is 0.427 e. The molecule has 10 heteroatoms. The van der Waals surface area contributed by atoms with Crippen LogP contribution < -0.4 is 5.73 Å². The van der Waals surface area contributed by atoms with E-state index in [1.165, 1.54) is 0 Å². The fourth-order valence-electron chi connectivity index (χ4n) is 4.61. The van der Waals surface area contributed by atoms with Gasteiger partial charge >= 0.3 is 12.2 Å². The normalized spacial score (nSPS) is 12.9. The van der Waals surface area contributed by atoms with Gasteiger partial charge in [-0.25, -0.2) is 19.6 Å².